The highest BCUT2D eigenvalue weighted by molar-refractivity contribution is 5.83. The van der Waals surface area contributed by atoms with Crippen LogP contribution in [0.2, 0.25) is 0 Å². The Morgan fingerprint density at radius 1 is 1.37 bits per heavy atom. The Morgan fingerprint density at radius 2 is 2.05 bits per heavy atom. The van der Waals surface area contributed by atoms with Gasteiger partial charge in [-0.05, 0) is 55.8 Å². The number of carbonyl (C=O) groups excluding carboxylic acids is 1. The van der Waals surface area contributed by atoms with Gasteiger partial charge in [-0.15, -0.1) is 0 Å². The van der Waals surface area contributed by atoms with E-state index in [1.54, 1.807) is 13.3 Å². The fourth-order valence-electron chi connectivity index (χ4n) is 2.05. The molecule has 1 aliphatic heterocycles. The lowest BCUT2D eigenvalue weighted by Gasteiger charge is -2.12. The number of hydrogen-bond donors (Lipinski definition) is 1. The summed E-state index contributed by atoms with van der Waals surface area (Å²) in [5.41, 5.74) is 3.46. The number of nitrogens with one attached hydrogen (secondary N) is 1. The van der Waals surface area contributed by atoms with Gasteiger partial charge in [-0.1, -0.05) is 0 Å². The lowest BCUT2D eigenvalue weighted by atomic mass is 10.2. The van der Waals surface area contributed by atoms with Crippen molar-refractivity contribution in [2.75, 3.05) is 26.7 Å². The molecule has 1 saturated heterocycles. The molecule has 1 fully saturated rings. The van der Waals surface area contributed by atoms with Crippen LogP contribution >= 0.6 is 0 Å². The summed E-state index contributed by atoms with van der Waals surface area (Å²) in [7, 11) is 1.63. The van der Waals surface area contributed by atoms with Gasteiger partial charge >= 0.3 is 0 Å². The number of hydrogen-bond acceptors (Lipinski definition) is 4. The van der Waals surface area contributed by atoms with Crippen LogP contribution in [0, 0.1) is 0 Å². The Morgan fingerprint density at radius 3 is 2.68 bits per heavy atom. The second kappa shape index (κ2) is 6.89. The third-order valence-corrected chi connectivity index (χ3v) is 3.08. The highest BCUT2D eigenvalue weighted by Crippen LogP contribution is 2.09. The molecule has 1 heterocycles. The van der Waals surface area contributed by atoms with Crippen molar-refractivity contribution >= 4 is 12.1 Å². The molecule has 0 atom stereocenters. The van der Waals surface area contributed by atoms with Gasteiger partial charge in [0.25, 0.3) is 5.91 Å². The summed E-state index contributed by atoms with van der Waals surface area (Å²) in [6, 6.07) is 7.48. The Hall–Kier alpha value is -1.88. The third kappa shape index (κ3) is 4.37. The van der Waals surface area contributed by atoms with Gasteiger partial charge in [-0.25, -0.2) is 5.43 Å². The van der Waals surface area contributed by atoms with Crippen molar-refractivity contribution in [1.29, 1.82) is 0 Å². The molecule has 102 valence electrons. The van der Waals surface area contributed by atoms with Crippen molar-refractivity contribution in [3.8, 4) is 5.75 Å². The predicted octanol–water partition coefficient (Wildman–Crippen LogP) is 1.24. The van der Waals surface area contributed by atoms with Gasteiger partial charge < -0.3 is 4.74 Å². The summed E-state index contributed by atoms with van der Waals surface area (Å²) < 4.78 is 5.07. The number of ether oxygens (including phenoxy) is 1. The minimum atomic E-state index is -0.0633. The molecule has 19 heavy (non-hydrogen) atoms. The molecule has 0 aliphatic carbocycles. The number of nitrogens with zero attached hydrogens (tertiary/aromatic N) is 2. The van der Waals surface area contributed by atoms with E-state index < -0.39 is 0 Å². The molecule has 0 aromatic heterocycles. The van der Waals surface area contributed by atoms with E-state index in [9.17, 15) is 4.79 Å². The maximum absolute atomic E-state index is 11.6. The van der Waals surface area contributed by atoms with Crippen molar-refractivity contribution in [2.45, 2.75) is 12.8 Å². The summed E-state index contributed by atoms with van der Waals surface area (Å²) in [5, 5.41) is 3.95. The van der Waals surface area contributed by atoms with Crippen LogP contribution in [0.1, 0.15) is 18.4 Å². The van der Waals surface area contributed by atoms with Crippen LogP contribution in [0.3, 0.4) is 0 Å². The Kier molecular flexibility index (Phi) is 4.92. The molecule has 0 radical (unpaired) electrons. The number of amides is 1. The van der Waals surface area contributed by atoms with E-state index in [2.05, 4.69) is 15.4 Å². The van der Waals surface area contributed by atoms with Crippen LogP contribution in [0.25, 0.3) is 0 Å². The molecule has 5 nitrogen and oxygen atoms in total. The molecule has 0 saturated carbocycles. The van der Waals surface area contributed by atoms with Crippen LogP contribution in [0.5, 0.6) is 5.75 Å². The molecule has 0 unspecified atom stereocenters. The number of likely N-dealkylation sites (tertiary alicyclic amines) is 1. The zero-order chi connectivity index (χ0) is 13.5. The molecule has 1 N–H and O–H groups in total. The fourth-order valence-corrected chi connectivity index (χ4v) is 2.05. The van der Waals surface area contributed by atoms with E-state index in [0.29, 0.717) is 6.54 Å². The first-order valence-electron chi connectivity index (χ1n) is 6.46. The maximum atomic E-state index is 11.6. The van der Waals surface area contributed by atoms with Crippen LogP contribution in [0.15, 0.2) is 29.4 Å². The number of benzene rings is 1. The minimum Gasteiger partial charge on any atom is -0.497 e. The first-order valence-corrected chi connectivity index (χ1v) is 6.46. The van der Waals surface area contributed by atoms with E-state index in [1.807, 2.05) is 24.3 Å². The van der Waals surface area contributed by atoms with Crippen molar-refractivity contribution < 1.29 is 9.53 Å². The maximum Gasteiger partial charge on any atom is 0.254 e. The van der Waals surface area contributed by atoms with Gasteiger partial charge in [0.2, 0.25) is 0 Å². The van der Waals surface area contributed by atoms with Crippen LogP contribution in [0.4, 0.5) is 0 Å². The first kappa shape index (κ1) is 13.5. The largest absolute Gasteiger partial charge is 0.497 e. The zero-order valence-corrected chi connectivity index (χ0v) is 11.1. The Bertz CT molecular complexity index is 437. The summed E-state index contributed by atoms with van der Waals surface area (Å²) in [6.45, 7) is 2.45. The number of methoxy groups -OCH3 is 1. The number of hydrazone groups is 1. The lowest BCUT2D eigenvalue weighted by Crippen LogP contribution is -2.33. The molecule has 0 bridgehead atoms. The average molecular weight is 261 g/mol. The highest BCUT2D eigenvalue weighted by atomic mass is 16.5. The lowest BCUT2D eigenvalue weighted by molar-refractivity contribution is -0.121. The molecule has 1 aromatic rings. The quantitative estimate of drug-likeness (QED) is 0.641. The van der Waals surface area contributed by atoms with Crippen molar-refractivity contribution in [1.82, 2.24) is 10.3 Å². The van der Waals surface area contributed by atoms with Gasteiger partial charge in [-0.3, -0.25) is 9.69 Å². The Labute approximate surface area is 113 Å². The smallest absolute Gasteiger partial charge is 0.254 e. The first-order chi connectivity index (χ1) is 9.28. The van der Waals surface area contributed by atoms with E-state index in [-0.39, 0.29) is 5.91 Å². The van der Waals surface area contributed by atoms with E-state index in [1.165, 1.54) is 12.8 Å². The molecular formula is C14H19N3O2. The van der Waals surface area contributed by atoms with E-state index >= 15 is 0 Å². The number of rotatable bonds is 5. The molecular weight excluding hydrogens is 242 g/mol. The summed E-state index contributed by atoms with van der Waals surface area (Å²) >= 11 is 0. The second-order valence-electron chi connectivity index (χ2n) is 4.55. The topological polar surface area (TPSA) is 53.9 Å². The Balaban J connectivity index is 1.76. The second-order valence-corrected chi connectivity index (χ2v) is 4.55. The third-order valence-electron chi connectivity index (χ3n) is 3.08. The minimum absolute atomic E-state index is 0.0633. The predicted molar refractivity (Wildman–Crippen MR) is 74.4 cm³/mol. The highest BCUT2D eigenvalue weighted by Gasteiger charge is 2.14. The standard InChI is InChI=1S/C14H19N3O2/c1-19-13-6-4-12(5-7-13)10-15-16-14(18)11-17-8-2-3-9-17/h4-7,10H,2-3,8-9,11H2,1H3,(H,16,18)/b15-10-. The average Bonchev–Trinajstić information content (AvgIpc) is 2.92. The van der Waals surface area contributed by atoms with Crippen molar-refractivity contribution in [3.05, 3.63) is 29.8 Å². The number of carbonyl (C=O) groups is 1. The van der Waals surface area contributed by atoms with Crippen LogP contribution in [-0.2, 0) is 4.79 Å². The molecule has 2 rings (SSSR count). The van der Waals surface area contributed by atoms with Crippen molar-refractivity contribution in [2.24, 2.45) is 5.10 Å². The molecule has 1 aromatic carbocycles. The molecule has 1 amide bonds. The summed E-state index contributed by atoms with van der Waals surface area (Å²) in [5.74, 6) is 0.738. The normalized spacial score (nSPS) is 15.8. The van der Waals surface area contributed by atoms with Gasteiger partial charge in [0.05, 0.1) is 19.9 Å². The van der Waals surface area contributed by atoms with Gasteiger partial charge in [-0.2, -0.15) is 5.10 Å². The zero-order valence-electron chi connectivity index (χ0n) is 11.1. The fraction of sp³-hybridized carbons (Fsp3) is 0.429. The molecule has 0 spiro atoms. The van der Waals surface area contributed by atoms with Crippen molar-refractivity contribution in [3.63, 3.8) is 0 Å². The summed E-state index contributed by atoms with van der Waals surface area (Å²) in [6.07, 6.45) is 3.99. The molecule has 1 aliphatic rings. The van der Waals surface area contributed by atoms with Gasteiger partial charge in [0.1, 0.15) is 5.75 Å². The van der Waals surface area contributed by atoms with E-state index in [0.717, 1.165) is 24.4 Å². The monoisotopic (exact) mass is 261 g/mol. The van der Waals surface area contributed by atoms with Gasteiger partial charge in [0, 0.05) is 0 Å². The van der Waals surface area contributed by atoms with Crippen LogP contribution < -0.4 is 10.2 Å². The van der Waals surface area contributed by atoms with E-state index in [4.69, 9.17) is 4.74 Å². The van der Waals surface area contributed by atoms with Crippen LogP contribution in [-0.4, -0.2) is 43.8 Å². The van der Waals surface area contributed by atoms with Gasteiger partial charge in [0.15, 0.2) is 0 Å². The summed E-state index contributed by atoms with van der Waals surface area (Å²) in [4.78, 5) is 13.7. The SMILES string of the molecule is COc1ccc(/C=N\NC(=O)CN2CCCC2)cc1. The molecule has 5 heteroatoms.